The molecule has 32 heavy (non-hydrogen) atoms. The Morgan fingerprint density at radius 3 is 2.56 bits per heavy atom. The van der Waals surface area contributed by atoms with Crippen molar-refractivity contribution in [3.8, 4) is 22.9 Å². The van der Waals surface area contributed by atoms with Gasteiger partial charge in [-0.05, 0) is 36.4 Å². The van der Waals surface area contributed by atoms with E-state index in [9.17, 15) is 4.79 Å². The summed E-state index contributed by atoms with van der Waals surface area (Å²) in [6.07, 6.45) is 0. The van der Waals surface area contributed by atoms with Crippen LogP contribution in [0.25, 0.3) is 50.1 Å². The van der Waals surface area contributed by atoms with E-state index in [0.29, 0.717) is 39.3 Å². The summed E-state index contributed by atoms with van der Waals surface area (Å²) < 4.78 is 18.9. The Balaban J connectivity index is 1.86. The van der Waals surface area contributed by atoms with Crippen molar-refractivity contribution in [3.63, 3.8) is 0 Å². The smallest absolute Gasteiger partial charge is 0.236 e. The highest BCUT2D eigenvalue weighted by atomic mass is 16.5. The second-order valence-corrected chi connectivity index (χ2v) is 7.37. The molecule has 0 amide bonds. The van der Waals surface area contributed by atoms with Gasteiger partial charge in [-0.3, -0.25) is 9.20 Å². The van der Waals surface area contributed by atoms with Gasteiger partial charge in [0, 0.05) is 6.07 Å². The third kappa shape index (κ3) is 2.51. The molecule has 0 fully saturated rings. The van der Waals surface area contributed by atoms with Crippen molar-refractivity contribution < 1.29 is 13.9 Å². The van der Waals surface area contributed by atoms with Gasteiger partial charge in [0.05, 0.1) is 36.2 Å². The number of aromatic nitrogens is 3. The Bertz CT molecular complexity index is 1730. The first-order valence-electron chi connectivity index (χ1n) is 10.0. The number of para-hydroxylation sites is 3. The summed E-state index contributed by atoms with van der Waals surface area (Å²) in [4.78, 5) is 23.1. The van der Waals surface area contributed by atoms with Crippen LogP contribution in [0.3, 0.4) is 0 Å². The first kappa shape index (κ1) is 18.4. The molecule has 6 aromatic rings. The Morgan fingerprint density at radius 1 is 0.906 bits per heavy atom. The van der Waals surface area contributed by atoms with Crippen LogP contribution in [0.2, 0.25) is 0 Å². The molecule has 0 saturated heterocycles. The zero-order valence-corrected chi connectivity index (χ0v) is 17.3. The van der Waals surface area contributed by atoms with Gasteiger partial charge in [0.25, 0.3) is 0 Å². The third-order valence-electron chi connectivity index (χ3n) is 5.63. The predicted molar refractivity (Wildman–Crippen MR) is 123 cm³/mol. The summed E-state index contributed by atoms with van der Waals surface area (Å²) in [6, 6.07) is 20.4. The Morgan fingerprint density at radius 2 is 1.72 bits per heavy atom. The van der Waals surface area contributed by atoms with E-state index in [1.807, 2.05) is 52.9 Å². The van der Waals surface area contributed by atoms with Crippen LogP contribution in [0.4, 0.5) is 0 Å². The number of methoxy groups -OCH3 is 2. The van der Waals surface area contributed by atoms with Crippen LogP contribution in [0.1, 0.15) is 0 Å². The molecule has 3 aromatic heterocycles. The number of ether oxygens (including phenoxy) is 2. The number of hydrogen-bond acceptors (Lipinski definition) is 6. The van der Waals surface area contributed by atoms with Gasteiger partial charge in [-0.1, -0.05) is 24.3 Å². The maximum Gasteiger partial charge on any atom is 0.236 e. The standard InChI is InChI=1S/C25H17N3O4/c1-30-14-11-12-15-20(13-14)32-25-21(22(15)29)24-26-17-8-4-5-9-18(17)28(24)23(27-25)16-7-3-6-10-19(16)31-2/h3-13H,1-2H3. The molecule has 0 radical (unpaired) electrons. The Hall–Kier alpha value is -4.39. The maximum atomic E-state index is 13.5. The molecule has 0 atom stereocenters. The topological polar surface area (TPSA) is 78.9 Å². The van der Waals surface area contributed by atoms with Crippen molar-refractivity contribution in [2.45, 2.75) is 0 Å². The highest BCUT2D eigenvalue weighted by molar-refractivity contribution is 6.00. The molecule has 0 N–H and O–H groups in total. The fourth-order valence-electron chi connectivity index (χ4n) is 4.13. The SMILES string of the molecule is COc1ccc2c(=O)c3c(nc(-c4ccccc4OC)n4c5ccccc5nc34)oc2c1. The fraction of sp³-hybridized carbons (Fsp3) is 0.0800. The van der Waals surface area contributed by atoms with E-state index >= 15 is 0 Å². The number of benzene rings is 3. The van der Waals surface area contributed by atoms with E-state index in [1.54, 1.807) is 32.4 Å². The van der Waals surface area contributed by atoms with Gasteiger partial charge >= 0.3 is 0 Å². The lowest BCUT2D eigenvalue weighted by molar-refractivity contribution is 0.414. The summed E-state index contributed by atoms with van der Waals surface area (Å²) in [7, 11) is 3.18. The molecule has 0 unspecified atom stereocenters. The van der Waals surface area contributed by atoms with Crippen molar-refractivity contribution >= 4 is 38.7 Å². The molecule has 3 aromatic carbocycles. The minimum absolute atomic E-state index is 0.191. The van der Waals surface area contributed by atoms with Gasteiger partial charge in [0.2, 0.25) is 11.1 Å². The highest BCUT2D eigenvalue weighted by Gasteiger charge is 2.21. The van der Waals surface area contributed by atoms with E-state index in [4.69, 9.17) is 23.9 Å². The molecule has 0 bridgehead atoms. The Kier molecular flexibility index (Phi) is 3.91. The van der Waals surface area contributed by atoms with Gasteiger partial charge < -0.3 is 13.9 Å². The average Bonchev–Trinajstić information content (AvgIpc) is 3.22. The lowest BCUT2D eigenvalue weighted by Gasteiger charge is -2.12. The number of fused-ring (bicyclic) bond motifs is 6. The van der Waals surface area contributed by atoms with E-state index in [2.05, 4.69) is 0 Å². The summed E-state index contributed by atoms with van der Waals surface area (Å²) >= 11 is 0. The van der Waals surface area contributed by atoms with Gasteiger partial charge in [-0.25, -0.2) is 4.98 Å². The molecule has 0 saturated carbocycles. The monoisotopic (exact) mass is 423 g/mol. The van der Waals surface area contributed by atoms with E-state index < -0.39 is 0 Å². The van der Waals surface area contributed by atoms with Crippen molar-refractivity contribution in [3.05, 3.63) is 77.0 Å². The van der Waals surface area contributed by atoms with Crippen LogP contribution >= 0.6 is 0 Å². The molecular formula is C25H17N3O4. The zero-order valence-electron chi connectivity index (χ0n) is 17.3. The van der Waals surface area contributed by atoms with E-state index in [0.717, 1.165) is 16.6 Å². The van der Waals surface area contributed by atoms with Crippen LogP contribution in [-0.4, -0.2) is 28.6 Å². The molecule has 7 nitrogen and oxygen atoms in total. The van der Waals surface area contributed by atoms with Crippen molar-refractivity contribution in [1.82, 2.24) is 14.4 Å². The van der Waals surface area contributed by atoms with Crippen molar-refractivity contribution in [2.75, 3.05) is 14.2 Å². The molecule has 0 aliphatic carbocycles. The molecule has 0 aliphatic rings. The minimum atomic E-state index is -0.191. The number of imidazole rings is 1. The first-order valence-corrected chi connectivity index (χ1v) is 10.0. The molecule has 0 spiro atoms. The van der Waals surface area contributed by atoms with Crippen LogP contribution in [-0.2, 0) is 0 Å². The lowest BCUT2D eigenvalue weighted by Crippen LogP contribution is -2.08. The van der Waals surface area contributed by atoms with Crippen LogP contribution in [0.5, 0.6) is 11.5 Å². The van der Waals surface area contributed by atoms with E-state index in [-0.39, 0.29) is 11.1 Å². The van der Waals surface area contributed by atoms with Gasteiger partial charge in [0.1, 0.15) is 22.5 Å². The van der Waals surface area contributed by atoms with Crippen molar-refractivity contribution in [1.29, 1.82) is 0 Å². The van der Waals surface area contributed by atoms with Crippen LogP contribution in [0.15, 0.2) is 75.9 Å². The summed E-state index contributed by atoms with van der Waals surface area (Å²) in [6.45, 7) is 0. The second kappa shape index (κ2) is 6.81. The van der Waals surface area contributed by atoms with Gasteiger partial charge in [0.15, 0.2) is 11.5 Å². The third-order valence-corrected chi connectivity index (χ3v) is 5.63. The first-order chi connectivity index (χ1) is 15.7. The molecule has 7 heteroatoms. The summed E-state index contributed by atoms with van der Waals surface area (Å²) in [5, 5.41) is 0.775. The molecule has 3 heterocycles. The Labute approximate surface area is 181 Å². The zero-order chi connectivity index (χ0) is 21.8. The van der Waals surface area contributed by atoms with Gasteiger partial charge in [-0.15, -0.1) is 0 Å². The predicted octanol–water partition coefficient (Wildman–Crippen LogP) is 4.83. The second-order valence-electron chi connectivity index (χ2n) is 7.37. The number of rotatable bonds is 3. The molecule has 0 aliphatic heterocycles. The van der Waals surface area contributed by atoms with Crippen molar-refractivity contribution in [2.24, 2.45) is 0 Å². The summed E-state index contributed by atoms with van der Waals surface area (Å²) in [5.74, 6) is 1.82. The highest BCUT2D eigenvalue weighted by Crippen LogP contribution is 2.34. The number of hydrogen-bond donors (Lipinski definition) is 0. The largest absolute Gasteiger partial charge is 0.497 e. The van der Waals surface area contributed by atoms with Crippen LogP contribution < -0.4 is 14.9 Å². The maximum absolute atomic E-state index is 13.5. The number of nitrogens with zero attached hydrogens (tertiary/aromatic N) is 3. The normalized spacial score (nSPS) is 11.6. The molecular weight excluding hydrogens is 406 g/mol. The van der Waals surface area contributed by atoms with Crippen LogP contribution in [0, 0.1) is 0 Å². The molecule has 6 rings (SSSR count). The lowest BCUT2D eigenvalue weighted by atomic mass is 10.1. The minimum Gasteiger partial charge on any atom is -0.497 e. The average molecular weight is 423 g/mol. The molecule has 156 valence electrons. The fourth-order valence-corrected chi connectivity index (χ4v) is 4.13. The summed E-state index contributed by atoms with van der Waals surface area (Å²) in [5.41, 5.74) is 3.27. The van der Waals surface area contributed by atoms with E-state index in [1.165, 1.54) is 0 Å². The van der Waals surface area contributed by atoms with Gasteiger partial charge in [-0.2, -0.15) is 4.98 Å². The quantitative estimate of drug-likeness (QED) is 0.380.